The van der Waals surface area contributed by atoms with Gasteiger partial charge in [0.1, 0.15) is 0 Å². The van der Waals surface area contributed by atoms with Gasteiger partial charge in [-0.05, 0) is 46.9 Å². The van der Waals surface area contributed by atoms with Crippen LogP contribution in [0.3, 0.4) is 0 Å². The van der Waals surface area contributed by atoms with Crippen LogP contribution in [0.1, 0.15) is 48.5 Å². The van der Waals surface area contributed by atoms with Crippen molar-refractivity contribution in [1.82, 2.24) is 0 Å². The molecule has 0 radical (unpaired) electrons. The van der Waals surface area contributed by atoms with Crippen molar-refractivity contribution in [2.45, 2.75) is 32.6 Å². The average molecular weight is 331 g/mol. The number of anilines is 1. The largest absolute Gasteiger partial charge is 0.385 e. The number of ketones is 1. The maximum Gasteiger partial charge on any atom is 0.164 e. The van der Waals surface area contributed by atoms with E-state index in [1.54, 1.807) is 0 Å². The SMILES string of the molecule is CCC(C)c1ccc(NCCC(=O)c2ccc3ccccc3c2)cc1. The van der Waals surface area contributed by atoms with Crippen molar-refractivity contribution in [3.8, 4) is 0 Å². The molecule has 0 amide bonds. The molecule has 0 aliphatic rings. The monoisotopic (exact) mass is 331 g/mol. The second kappa shape index (κ2) is 7.98. The Kier molecular flexibility index (Phi) is 5.49. The highest BCUT2D eigenvalue weighted by Gasteiger charge is 2.07. The minimum atomic E-state index is 0.175. The first-order chi connectivity index (χ1) is 12.2. The molecule has 25 heavy (non-hydrogen) atoms. The smallest absolute Gasteiger partial charge is 0.164 e. The Bertz CT molecular complexity index is 851. The number of carbonyl (C=O) groups is 1. The van der Waals surface area contributed by atoms with Crippen molar-refractivity contribution in [2.75, 3.05) is 11.9 Å². The van der Waals surface area contributed by atoms with Crippen LogP contribution >= 0.6 is 0 Å². The first kappa shape index (κ1) is 17.2. The highest BCUT2D eigenvalue weighted by atomic mass is 16.1. The van der Waals surface area contributed by atoms with E-state index in [9.17, 15) is 4.79 Å². The second-order valence-electron chi connectivity index (χ2n) is 6.59. The van der Waals surface area contributed by atoms with E-state index in [-0.39, 0.29) is 5.78 Å². The summed E-state index contributed by atoms with van der Waals surface area (Å²) in [4.78, 5) is 12.4. The summed E-state index contributed by atoms with van der Waals surface area (Å²) in [7, 11) is 0. The van der Waals surface area contributed by atoms with E-state index < -0.39 is 0 Å². The van der Waals surface area contributed by atoms with Crippen LogP contribution in [0.25, 0.3) is 10.8 Å². The Morgan fingerprint density at radius 2 is 1.68 bits per heavy atom. The third-order valence-electron chi connectivity index (χ3n) is 4.84. The third-order valence-corrected chi connectivity index (χ3v) is 4.84. The quantitative estimate of drug-likeness (QED) is 0.535. The summed E-state index contributed by atoms with van der Waals surface area (Å²) in [5.41, 5.74) is 3.21. The summed E-state index contributed by atoms with van der Waals surface area (Å²) in [6.07, 6.45) is 1.64. The van der Waals surface area contributed by atoms with E-state index in [4.69, 9.17) is 0 Å². The van der Waals surface area contributed by atoms with Gasteiger partial charge in [0.15, 0.2) is 5.78 Å². The number of hydrogen-bond acceptors (Lipinski definition) is 2. The zero-order valence-corrected chi connectivity index (χ0v) is 15.0. The maximum absolute atomic E-state index is 12.4. The van der Waals surface area contributed by atoms with Crippen molar-refractivity contribution in [1.29, 1.82) is 0 Å². The lowest BCUT2D eigenvalue weighted by Gasteiger charge is -2.11. The van der Waals surface area contributed by atoms with Gasteiger partial charge in [0.25, 0.3) is 0 Å². The topological polar surface area (TPSA) is 29.1 Å². The van der Waals surface area contributed by atoms with E-state index in [0.29, 0.717) is 18.9 Å². The minimum Gasteiger partial charge on any atom is -0.385 e. The van der Waals surface area contributed by atoms with Crippen LogP contribution in [-0.2, 0) is 0 Å². The van der Waals surface area contributed by atoms with Crippen molar-refractivity contribution in [3.63, 3.8) is 0 Å². The molecule has 2 nitrogen and oxygen atoms in total. The fourth-order valence-electron chi connectivity index (χ4n) is 2.99. The lowest BCUT2D eigenvalue weighted by molar-refractivity contribution is 0.0986. The van der Waals surface area contributed by atoms with Gasteiger partial charge in [-0.15, -0.1) is 0 Å². The van der Waals surface area contributed by atoms with Gasteiger partial charge in [-0.2, -0.15) is 0 Å². The zero-order chi connectivity index (χ0) is 17.6. The number of carbonyl (C=O) groups excluding carboxylic acids is 1. The number of fused-ring (bicyclic) bond motifs is 1. The molecule has 1 N–H and O–H groups in total. The molecule has 3 aromatic rings. The van der Waals surface area contributed by atoms with E-state index in [0.717, 1.165) is 23.1 Å². The van der Waals surface area contributed by atoms with E-state index >= 15 is 0 Å². The predicted molar refractivity (Wildman–Crippen MR) is 107 cm³/mol. The molecule has 0 saturated heterocycles. The molecule has 128 valence electrons. The first-order valence-electron chi connectivity index (χ1n) is 9.03. The van der Waals surface area contributed by atoms with Gasteiger partial charge in [0.05, 0.1) is 0 Å². The maximum atomic E-state index is 12.4. The fourth-order valence-corrected chi connectivity index (χ4v) is 2.99. The van der Waals surface area contributed by atoms with Crippen LogP contribution in [0.2, 0.25) is 0 Å². The lowest BCUT2D eigenvalue weighted by atomic mass is 9.98. The van der Waals surface area contributed by atoms with Gasteiger partial charge in [-0.25, -0.2) is 0 Å². The fraction of sp³-hybridized carbons (Fsp3) is 0.261. The Labute approximate surface area is 149 Å². The van der Waals surface area contributed by atoms with Crippen molar-refractivity contribution in [2.24, 2.45) is 0 Å². The van der Waals surface area contributed by atoms with Crippen molar-refractivity contribution in [3.05, 3.63) is 77.9 Å². The van der Waals surface area contributed by atoms with Crippen LogP contribution in [0.4, 0.5) is 5.69 Å². The summed E-state index contributed by atoms with van der Waals surface area (Å²) < 4.78 is 0. The molecule has 0 fully saturated rings. The number of rotatable bonds is 7. The Morgan fingerprint density at radius 1 is 0.960 bits per heavy atom. The molecule has 0 heterocycles. The highest BCUT2D eigenvalue weighted by Crippen LogP contribution is 2.21. The lowest BCUT2D eigenvalue weighted by Crippen LogP contribution is -2.09. The molecule has 0 aliphatic carbocycles. The normalized spacial score (nSPS) is 12.1. The molecule has 0 spiro atoms. The Hall–Kier alpha value is -2.61. The third kappa shape index (κ3) is 4.27. The molecular weight excluding hydrogens is 306 g/mol. The van der Waals surface area contributed by atoms with Gasteiger partial charge in [0, 0.05) is 24.2 Å². The molecule has 0 saturated carbocycles. The summed E-state index contributed by atoms with van der Waals surface area (Å²) in [6, 6.07) is 22.6. The van der Waals surface area contributed by atoms with Gasteiger partial charge in [-0.1, -0.05) is 62.4 Å². The summed E-state index contributed by atoms with van der Waals surface area (Å²) in [5.74, 6) is 0.762. The molecule has 0 aromatic heterocycles. The Balaban J connectivity index is 1.56. The molecule has 0 aliphatic heterocycles. The van der Waals surface area contributed by atoms with Gasteiger partial charge in [0.2, 0.25) is 0 Å². The number of benzene rings is 3. The van der Waals surface area contributed by atoms with Crippen molar-refractivity contribution >= 4 is 22.2 Å². The summed E-state index contributed by atoms with van der Waals surface area (Å²) >= 11 is 0. The van der Waals surface area contributed by atoms with Crippen LogP contribution in [0.15, 0.2) is 66.7 Å². The summed E-state index contributed by atoms with van der Waals surface area (Å²) in [5, 5.41) is 5.62. The minimum absolute atomic E-state index is 0.175. The van der Waals surface area contributed by atoms with Crippen molar-refractivity contribution < 1.29 is 4.79 Å². The van der Waals surface area contributed by atoms with E-state index in [1.807, 2.05) is 36.4 Å². The molecule has 3 rings (SSSR count). The zero-order valence-electron chi connectivity index (χ0n) is 15.0. The number of hydrogen-bond donors (Lipinski definition) is 1. The van der Waals surface area contributed by atoms with E-state index in [2.05, 4.69) is 49.5 Å². The van der Waals surface area contributed by atoms with Gasteiger partial charge >= 0.3 is 0 Å². The number of Topliss-reactive ketones (excluding diaryl/α,β-unsaturated/α-hetero) is 1. The molecule has 0 bridgehead atoms. The molecule has 2 heteroatoms. The predicted octanol–water partition coefficient (Wildman–Crippen LogP) is 6.04. The van der Waals surface area contributed by atoms with Crippen LogP contribution in [0.5, 0.6) is 0 Å². The molecule has 1 atom stereocenters. The van der Waals surface area contributed by atoms with Gasteiger partial charge in [-0.3, -0.25) is 4.79 Å². The summed E-state index contributed by atoms with van der Waals surface area (Å²) in [6.45, 7) is 5.09. The molecule has 1 unspecified atom stereocenters. The van der Waals surface area contributed by atoms with Crippen LogP contribution < -0.4 is 5.32 Å². The second-order valence-corrected chi connectivity index (χ2v) is 6.59. The van der Waals surface area contributed by atoms with Crippen LogP contribution in [0, 0.1) is 0 Å². The molecular formula is C23H25NO. The standard InChI is InChI=1S/C23H25NO/c1-3-17(2)18-10-12-22(13-11-18)24-15-14-23(25)21-9-8-19-6-4-5-7-20(19)16-21/h4-13,16-17,24H,3,14-15H2,1-2H3. The van der Waals surface area contributed by atoms with Crippen LogP contribution in [-0.4, -0.2) is 12.3 Å². The number of nitrogens with one attached hydrogen (secondary N) is 1. The molecule has 3 aromatic carbocycles. The highest BCUT2D eigenvalue weighted by molar-refractivity contribution is 6.00. The first-order valence-corrected chi connectivity index (χ1v) is 9.03. The Morgan fingerprint density at radius 3 is 2.40 bits per heavy atom. The van der Waals surface area contributed by atoms with E-state index in [1.165, 1.54) is 10.9 Å². The average Bonchev–Trinajstić information content (AvgIpc) is 2.67. The van der Waals surface area contributed by atoms with Gasteiger partial charge < -0.3 is 5.32 Å².